The molecule has 3 rings (SSSR count). The Labute approximate surface area is 123 Å². The second-order valence-electron chi connectivity index (χ2n) is 5.65. The van der Waals surface area contributed by atoms with E-state index >= 15 is 0 Å². The first-order chi connectivity index (χ1) is 10.1. The van der Waals surface area contributed by atoms with E-state index in [1.54, 1.807) is 4.68 Å². The van der Waals surface area contributed by atoms with Gasteiger partial charge >= 0.3 is 5.97 Å². The van der Waals surface area contributed by atoms with Gasteiger partial charge in [0.1, 0.15) is 0 Å². The highest BCUT2D eigenvalue weighted by molar-refractivity contribution is 5.72. The van der Waals surface area contributed by atoms with Crippen molar-refractivity contribution in [3.63, 3.8) is 0 Å². The maximum atomic E-state index is 11.5. The number of aryl methyl sites for hydroxylation is 1. The lowest BCUT2D eigenvalue weighted by Gasteiger charge is -2.15. The van der Waals surface area contributed by atoms with Gasteiger partial charge in [-0.2, -0.15) is 5.10 Å². The van der Waals surface area contributed by atoms with Gasteiger partial charge in [0, 0.05) is 38.8 Å². The molecule has 5 heteroatoms. The van der Waals surface area contributed by atoms with Crippen molar-refractivity contribution in [1.29, 1.82) is 0 Å². The average molecular weight is 285 g/mol. The van der Waals surface area contributed by atoms with Crippen LogP contribution in [-0.2, 0) is 18.4 Å². The predicted octanol–water partition coefficient (Wildman–Crippen LogP) is 1.72. The summed E-state index contributed by atoms with van der Waals surface area (Å²) in [4.78, 5) is 13.7. The summed E-state index contributed by atoms with van der Waals surface area (Å²) in [6.07, 6.45) is 1.87. The molecule has 0 unspecified atom stereocenters. The lowest BCUT2D eigenvalue weighted by atomic mass is 9.93. The molecule has 5 nitrogen and oxygen atoms in total. The van der Waals surface area contributed by atoms with Crippen molar-refractivity contribution in [2.45, 2.75) is 12.5 Å². The molecule has 0 amide bonds. The smallest absolute Gasteiger partial charge is 0.308 e. The van der Waals surface area contributed by atoms with E-state index in [0.29, 0.717) is 6.54 Å². The van der Waals surface area contributed by atoms with Crippen LogP contribution in [0.5, 0.6) is 0 Å². The monoisotopic (exact) mass is 285 g/mol. The molecule has 0 radical (unpaired) electrons. The van der Waals surface area contributed by atoms with Crippen LogP contribution in [0.3, 0.4) is 0 Å². The molecule has 1 aromatic heterocycles. The van der Waals surface area contributed by atoms with E-state index in [4.69, 9.17) is 0 Å². The molecule has 2 atom stereocenters. The highest BCUT2D eigenvalue weighted by Crippen LogP contribution is 2.32. The summed E-state index contributed by atoms with van der Waals surface area (Å²) in [7, 11) is 1.86. The fourth-order valence-corrected chi connectivity index (χ4v) is 3.04. The minimum absolute atomic E-state index is 0.0348. The summed E-state index contributed by atoms with van der Waals surface area (Å²) in [6.45, 7) is 2.10. The first kappa shape index (κ1) is 13.8. The van der Waals surface area contributed by atoms with Crippen LogP contribution in [-0.4, -0.2) is 38.8 Å². The van der Waals surface area contributed by atoms with E-state index in [0.717, 1.165) is 18.8 Å². The van der Waals surface area contributed by atoms with Gasteiger partial charge in [0.25, 0.3) is 0 Å². The van der Waals surface area contributed by atoms with Gasteiger partial charge in [-0.05, 0) is 11.6 Å². The second-order valence-corrected chi connectivity index (χ2v) is 5.65. The summed E-state index contributed by atoms with van der Waals surface area (Å²) < 4.78 is 1.73. The van der Waals surface area contributed by atoms with E-state index in [2.05, 4.69) is 22.1 Å². The van der Waals surface area contributed by atoms with Crippen LogP contribution in [0.25, 0.3) is 0 Å². The number of carboxylic acid groups (broad SMARTS) is 1. The number of nitrogens with zero attached hydrogens (tertiary/aromatic N) is 3. The summed E-state index contributed by atoms with van der Waals surface area (Å²) in [5.41, 5.74) is 2.09. The molecular formula is C16H19N3O2. The molecule has 0 spiro atoms. The fraction of sp³-hybridized carbons (Fsp3) is 0.375. The van der Waals surface area contributed by atoms with Crippen molar-refractivity contribution < 1.29 is 9.90 Å². The summed E-state index contributed by atoms with van der Waals surface area (Å²) in [5.74, 6) is -1.16. The van der Waals surface area contributed by atoms with Gasteiger partial charge in [-0.3, -0.25) is 14.4 Å². The topological polar surface area (TPSA) is 58.4 Å². The number of aliphatic carboxylic acids is 1. The van der Waals surface area contributed by atoms with E-state index in [9.17, 15) is 9.90 Å². The van der Waals surface area contributed by atoms with Crippen LogP contribution in [0.1, 0.15) is 17.2 Å². The van der Waals surface area contributed by atoms with Crippen molar-refractivity contribution in [3.8, 4) is 0 Å². The minimum atomic E-state index is -0.735. The van der Waals surface area contributed by atoms with Gasteiger partial charge in [0.15, 0.2) is 0 Å². The molecular weight excluding hydrogens is 266 g/mol. The second kappa shape index (κ2) is 5.69. The number of carboxylic acids is 1. The van der Waals surface area contributed by atoms with Gasteiger partial charge in [-0.1, -0.05) is 30.3 Å². The number of aromatic nitrogens is 2. The lowest BCUT2D eigenvalue weighted by molar-refractivity contribution is -0.141. The van der Waals surface area contributed by atoms with Gasteiger partial charge in [-0.25, -0.2) is 0 Å². The van der Waals surface area contributed by atoms with Crippen LogP contribution in [0.4, 0.5) is 0 Å². The molecule has 21 heavy (non-hydrogen) atoms. The van der Waals surface area contributed by atoms with Crippen LogP contribution in [0.2, 0.25) is 0 Å². The first-order valence-electron chi connectivity index (χ1n) is 7.12. The Kier molecular flexibility index (Phi) is 3.75. The fourth-order valence-electron chi connectivity index (χ4n) is 3.04. The summed E-state index contributed by atoms with van der Waals surface area (Å²) in [5, 5.41) is 13.9. The number of benzene rings is 1. The Hall–Kier alpha value is -2.14. The van der Waals surface area contributed by atoms with Gasteiger partial charge in [-0.15, -0.1) is 0 Å². The molecule has 1 fully saturated rings. The molecule has 2 heterocycles. The Morgan fingerprint density at radius 3 is 2.67 bits per heavy atom. The van der Waals surface area contributed by atoms with Crippen molar-refractivity contribution in [2.75, 3.05) is 13.1 Å². The zero-order valence-corrected chi connectivity index (χ0v) is 12.0. The van der Waals surface area contributed by atoms with Gasteiger partial charge in [0.2, 0.25) is 0 Å². The van der Waals surface area contributed by atoms with Crippen molar-refractivity contribution in [3.05, 3.63) is 53.9 Å². The Balaban J connectivity index is 1.76. The Morgan fingerprint density at radius 2 is 2.05 bits per heavy atom. The van der Waals surface area contributed by atoms with Crippen molar-refractivity contribution in [2.24, 2.45) is 13.0 Å². The highest BCUT2D eigenvalue weighted by atomic mass is 16.4. The summed E-state index contributed by atoms with van der Waals surface area (Å²) in [6, 6.07) is 12.1. The maximum absolute atomic E-state index is 11.5. The number of likely N-dealkylation sites (tertiary alicyclic amines) is 1. The Morgan fingerprint density at radius 1 is 1.29 bits per heavy atom. The lowest BCUT2D eigenvalue weighted by Crippen LogP contribution is -2.23. The van der Waals surface area contributed by atoms with E-state index in [-0.39, 0.29) is 11.8 Å². The molecule has 1 aliphatic heterocycles. The number of hydrogen-bond donors (Lipinski definition) is 1. The standard InChI is InChI=1S/C16H19N3O2/c1-18-8-7-15(17-18)13-10-19(11-14(13)16(20)21)9-12-5-3-2-4-6-12/h2-8,13-14H,9-11H2,1H3,(H,20,21)/t13-,14+/m0/s1. The quantitative estimate of drug-likeness (QED) is 0.929. The molecule has 1 saturated heterocycles. The van der Waals surface area contributed by atoms with Crippen molar-refractivity contribution >= 4 is 5.97 Å². The normalized spacial score (nSPS) is 22.5. The molecule has 110 valence electrons. The molecule has 1 aliphatic rings. The zero-order valence-electron chi connectivity index (χ0n) is 12.0. The molecule has 0 saturated carbocycles. The van der Waals surface area contributed by atoms with Crippen LogP contribution in [0.15, 0.2) is 42.6 Å². The molecule has 1 aromatic carbocycles. The molecule has 2 aromatic rings. The number of rotatable bonds is 4. The third-order valence-corrected chi connectivity index (χ3v) is 4.08. The molecule has 0 aliphatic carbocycles. The summed E-state index contributed by atoms with van der Waals surface area (Å²) >= 11 is 0. The zero-order chi connectivity index (χ0) is 14.8. The number of carbonyl (C=O) groups is 1. The first-order valence-corrected chi connectivity index (χ1v) is 7.12. The van der Waals surface area contributed by atoms with Crippen LogP contribution in [0, 0.1) is 5.92 Å². The SMILES string of the molecule is Cn1ccc([C@H]2CN(Cc3ccccc3)C[C@H]2C(=O)O)n1. The van der Waals surface area contributed by atoms with E-state index < -0.39 is 5.97 Å². The van der Waals surface area contributed by atoms with Crippen molar-refractivity contribution in [1.82, 2.24) is 14.7 Å². The largest absolute Gasteiger partial charge is 0.481 e. The van der Waals surface area contributed by atoms with Gasteiger partial charge in [0.05, 0.1) is 11.6 Å². The third-order valence-electron chi connectivity index (χ3n) is 4.08. The average Bonchev–Trinajstić information content (AvgIpc) is 3.06. The van der Waals surface area contributed by atoms with Crippen LogP contribution < -0.4 is 0 Å². The highest BCUT2D eigenvalue weighted by Gasteiger charge is 2.39. The van der Waals surface area contributed by atoms with E-state index in [1.165, 1.54) is 5.56 Å². The molecule has 1 N–H and O–H groups in total. The van der Waals surface area contributed by atoms with Gasteiger partial charge < -0.3 is 5.11 Å². The number of hydrogen-bond acceptors (Lipinski definition) is 3. The molecule has 0 bridgehead atoms. The maximum Gasteiger partial charge on any atom is 0.308 e. The Bertz CT molecular complexity index is 623. The van der Waals surface area contributed by atoms with E-state index in [1.807, 2.05) is 37.5 Å². The van der Waals surface area contributed by atoms with Crippen LogP contribution >= 0.6 is 0 Å². The minimum Gasteiger partial charge on any atom is -0.481 e. The third kappa shape index (κ3) is 2.97. The predicted molar refractivity (Wildman–Crippen MR) is 78.8 cm³/mol.